The van der Waals surface area contributed by atoms with Crippen molar-refractivity contribution in [3.8, 4) is 0 Å². The summed E-state index contributed by atoms with van der Waals surface area (Å²) >= 11 is 0. The molecule has 3 saturated heterocycles. The van der Waals surface area contributed by atoms with Gasteiger partial charge in [-0.05, 0) is 37.2 Å². The highest BCUT2D eigenvalue weighted by molar-refractivity contribution is 5.48. The molecule has 1 aromatic heterocycles. The van der Waals surface area contributed by atoms with Gasteiger partial charge in [-0.1, -0.05) is 30.3 Å². The molecule has 4 unspecified atom stereocenters. The third-order valence-electron chi connectivity index (χ3n) is 7.25. The summed E-state index contributed by atoms with van der Waals surface area (Å²) in [6.45, 7) is 4.55. The van der Waals surface area contributed by atoms with Crippen LogP contribution in [0.5, 0.6) is 0 Å². The van der Waals surface area contributed by atoms with Gasteiger partial charge in [0.2, 0.25) is 17.8 Å². The van der Waals surface area contributed by atoms with E-state index in [1.54, 1.807) is 0 Å². The van der Waals surface area contributed by atoms with Gasteiger partial charge in [-0.15, -0.1) is 0 Å². The fraction of sp³-hybridized carbons (Fsp3) is 0.625. The van der Waals surface area contributed by atoms with E-state index < -0.39 is 0 Å². The minimum absolute atomic E-state index is 0.00543. The number of nitrogens with two attached hydrogens (primary N) is 4. The summed E-state index contributed by atoms with van der Waals surface area (Å²) in [7, 11) is 0. The minimum Gasteiger partial charge on any atom is -0.341 e. The van der Waals surface area contributed by atoms with Gasteiger partial charge in [-0.25, -0.2) is 0 Å². The summed E-state index contributed by atoms with van der Waals surface area (Å²) in [5.74, 6) is 2.56. The second kappa shape index (κ2) is 9.99. The van der Waals surface area contributed by atoms with Gasteiger partial charge in [0, 0.05) is 63.4 Å². The van der Waals surface area contributed by atoms with Gasteiger partial charge in [0.05, 0.1) is 0 Å². The van der Waals surface area contributed by atoms with Crippen LogP contribution in [-0.2, 0) is 0 Å². The van der Waals surface area contributed by atoms with Crippen LogP contribution in [0.1, 0.15) is 37.2 Å². The molecule has 3 fully saturated rings. The molecule has 0 aliphatic carbocycles. The van der Waals surface area contributed by atoms with Crippen molar-refractivity contribution in [3.05, 3.63) is 35.9 Å². The molecule has 3 aliphatic rings. The largest absolute Gasteiger partial charge is 0.341 e. The molecule has 0 amide bonds. The van der Waals surface area contributed by atoms with Crippen molar-refractivity contribution >= 4 is 17.8 Å². The molecule has 0 radical (unpaired) electrons. The number of piperidine rings is 3. The maximum atomic E-state index is 6.27. The number of anilines is 3. The lowest BCUT2D eigenvalue weighted by atomic mass is 9.90. The molecule has 0 saturated carbocycles. The lowest BCUT2D eigenvalue weighted by Crippen LogP contribution is -2.54. The highest BCUT2D eigenvalue weighted by Crippen LogP contribution is 2.31. The maximum absolute atomic E-state index is 6.27. The van der Waals surface area contributed by atoms with Gasteiger partial charge < -0.3 is 37.6 Å². The van der Waals surface area contributed by atoms with E-state index in [0.29, 0.717) is 49.9 Å². The lowest BCUT2D eigenvalue weighted by Gasteiger charge is -2.38. The van der Waals surface area contributed by atoms with Crippen LogP contribution >= 0.6 is 0 Å². The monoisotopic (exact) mass is 466 g/mol. The van der Waals surface area contributed by atoms with E-state index in [1.165, 1.54) is 5.56 Å². The molecule has 8 N–H and O–H groups in total. The summed E-state index contributed by atoms with van der Waals surface area (Å²) in [5, 5.41) is 0. The SMILES string of the molecule is NC1CC(N)CN(c2nc(N3CCC(c4ccccc4)CC3)nc(N3CC(N)CC(N)C3)n2)C1. The van der Waals surface area contributed by atoms with Crippen LogP contribution in [0, 0.1) is 0 Å². The molecule has 3 aliphatic heterocycles. The van der Waals surface area contributed by atoms with E-state index in [0.717, 1.165) is 38.8 Å². The lowest BCUT2D eigenvalue weighted by molar-refractivity contribution is 0.440. The average molecular weight is 467 g/mol. The molecule has 184 valence electrons. The average Bonchev–Trinajstić information content (AvgIpc) is 2.83. The second-order valence-electron chi connectivity index (χ2n) is 10.2. The Morgan fingerprint density at radius 2 is 1.00 bits per heavy atom. The van der Waals surface area contributed by atoms with Crippen LogP contribution in [0.2, 0.25) is 0 Å². The van der Waals surface area contributed by atoms with Crippen molar-refractivity contribution in [1.82, 2.24) is 15.0 Å². The first-order chi connectivity index (χ1) is 16.4. The molecule has 4 heterocycles. The molecule has 1 aromatic carbocycles. The van der Waals surface area contributed by atoms with Crippen molar-refractivity contribution in [2.24, 2.45) is 22.9 Å². The van der Waals surface area contributed by atoms with E-state index in [9.17, 15) is 0 Å². The molecular weight excluding hydrogens is 428 g/mol. The molecule has 5 rings (SSSR count). The molecule has 4 atom stereocenters. The van der Waals surface area contributed by atoms with Crippen molar-refractivity contribution in [2.45, 2.75) is 55.8 Å². The van der Waals surface area contributed by atoms with Crippen LogP contribution < -0.4 is 37.6 Å². The van der Waals surface area contributed by atoms with Crippen LogP contribution in [0.15, 0.2) is 30.3 Å². The zero-order valence-corrected chi connectivity index (χ0v) is 19.8. The second-order valence-corrected chi connectivity index (χ2v) is 10.2. The maximum Gasteiger partial charge on any atom is 0.232 e. The smallest absolute Gasteiger partial charge is 0.232 e. The van der Waals surface area contributed by atoms with E-state index in [1.807, 2.05) is 0 Å². The van der Waals surface area contributed by atoms with Crippen molar-refractivity contribution < 1.29 is 0 Å². The van der Waals surface area contributed by atoms with Gasteiger partial charge in [-0.3, -0.25) is 0 Å². The standard InChI is InChI=1S/C24H38N10/c25-18-10-19(26)13-33(12-18)23-29-22(30-24(31-23)34-14-20(27)11-21(28)15-34)32-8-6-17(7-9-32)16-4-2-1-3-5-16/h1-5,17-21H,6-15,25-28H2. The Labute approximate surface area is 201 Å². The Morgan fingerprint density at radius 3 is 1.44 bits per heavy atom. The van der Waals surface area contributed by atoms with Crippen LogP contribution in [0.3, 0.4) is 0 Å². The van der Waals surface area contributed by atoms with Crippen molar-refractivity contribution in [3.63, 3.8) is 0 Å². The third-order valence-corrected chi connectivity index (χ3v) is 7.25. The normalized spacial score (nSPS) is 28.9. The summed E-state index contributed by atoms with van der Waals surface area (Å²) in [6, 6.07) is 10.8. The number of rotatable bonds is 4. The number of aromatic nitrogens is 3. The summed E-state index contributed by atoms with van der Waals surface area (Å²) in [6.07, 6.45) is 3.76. The summed E-state index contributed by atoms with van der Waals surface area (Å²) in [5.41, 5.74) is 26.5. The van der Waals surface area contributed by atoms with Crippen molar-refractivity contribution in [1.29, 1.82) is 0 Å². The summed E-state index contributed by atoms with van der Waals surface area (Å²) < 4.78 is 0. The topological polar surface area (TPSA) is 152 Å². The fourth-order valence-electron chi connectivity index (χ4n) is 5.59. The van der Waals surface area contributed by atoms with E-state index in [-0.39, 0.29) is 24.2 Å². The van der Waals surface area contributed by atoms with Crippen LogP contribution in [-0.4, -0.2) is 78.4 Å². The molecular formula is C24H38N10. The number of benzene rings is 1. The van der Waals surface area contributed by atoms with Gasteiger partial charge in [0.1, 0.15) is 0 Å². The Balaban J connectivity index is 1.40. The van der Waals surface area contributed by atoms with Gasteiger partial charge in [0.15, 0.2) is 0 Å². The Morgan fingerprint density at radius 1 is 0.588 bits per heavy atom. The number of hydrogen-bond acceptors (Lipinski definition) is 10. The summed E-state index contributed by atoms with van der Waals surface area (Å²) in [4.78, 5) is 21.2. The fourth-order valence-corrected chi connectivity index (χ4v) is 5.59. The quantitative estimate of drug-likeness (QED) is 0.484. The van der Waals surface area contributed by atoms with Gasteiger partial charge >= 0.3 is 0 Å². The van der Waals surface area contributed by atoms with Crippen LogP contribution in [0.25, 0.3) is 0 Å². The van der Waals surface area contributed by atoms with E-state index in [2.05, 4.69) is 45.0 Å². The molecule has 0 spiro atoms. The molecule has 2 aromatic rings. The molecule has 0 bridgehead atoms. The Hall–Kier alpha value is -2.53. The number of hydrogen-bond donors (Lipinski definition) is 4. The first kappa shape index (κ1) is 23.2. The third kappa shape index (κ3) is 5.25. The van der Waals surface area contributed by atoms with Gasteiger partial charge in [0.25, 0.3) is 0 Å². The highest BCUT2D eigenvalue weighted by atomic mass is 15.4. The van der Waals surface area contributed by atoms with Gasteiger partial charge in [-0.2, -0.15) is 15.0 Å². The predicted molar refractivity (Wildman–Crippen MR) is 136 cm³/mol. The first-order valence-electron chi connectivity index (χ1n) is 12.5. The predicted octanol–water partition coefficient (Wildman–Crippen LogP) is -0.0150. The van der Waals surface area contributed by atoms with E-state index in [4.69, 9.17) is 37.9 Å². The zero-order chi connectivity index (χ0) is 23.7. The minimum atomic E-state index is 0.00543. The first-order valence-corrected chi connectivity index (χ1v) is 12.5. The molecule has 34 heavy (non-hydrogen) atoms. The molecule has 10 heteroatoms. The molecule has 10 nitrogen and oxygen atoms in total. The Bertz CT molecular complexity index is 884. The zero-order valence-electron chi connectivity index (χ0n) is 19.8. The van der Waals surface area contributed by atoms with Crippen LogP contribution in [0.4, 0.5) is 17.8 Å². The number of nitrogens with zero attached hydrogens (tertiary/aromatic N) is 6. The van der Waals surface area contributed by atoms with Crippen molar-refractivity contribution in [2.75, 3.05) is 54.0 Å². The van der Waals surface area contributed by atoms with E-state index >= 15 is 0 Å². The highest BCUT2D eigenvalue weighted by Gasteiger charge is 2.30. The Kier molecular flexibility index (Phi) is 6.82.